The minimum Gasteiger partial charge on any atom is -0.465 e. The topological polar surface area (TPSA) is 55.0 Å². The van der Waals surface area contributed by atoms with Crippen LogP contribution in [0.2, 0.25) is 0 Å². The maximum absolute atomic E-state index is 11.3. The quantitative estimate of drug-likeness (QED) is 0.696. The van der Waals surface area contributed by atoms with Gasteiger partial charge in [0.25, 0.3) is 0 Å². The Morgan fingerprint density at radius 1 is 1.50 bits per heavy atom. The zero-order valence-electron chi connectivity index (χ0n) is 8.00. The molecule has 4 heteroatoms. The van der Waals surface area contributed by atoms with E-state index in [0.717, 1.165) is 11.2 Å². The number of hydrogen-bond donors (Lipinski definition) is 1. The van der Waals surface area contributed by atoms with Gasteiger partial charge in [0.2, 0.25) is 0 Å². The summed E-state index contributed by atoms with van der Waals surface area (Å²) in [5, 5.41) is 0. The molecule has 0 aliphatic heterocycles. The van der Waals surface area contributed by atoms with E-state index in [1.807, 2.05) is 19.1 Å². The van der Waals surface area contributed by atoms with Gasteiger partial charge in [0, 0.05) is 11.9 Å². The summed E-state index contributed by atoms with van der Waals surface area (Å²) < 4.78 is 4.64. The van der Waals surface area contributed by atoms with Gasteiger partial charge in [-0.1, -0.05) is 0 Å². The molecule has 0 unspecified atom stereocenters. The predicted molar refractivity (Wildman–Crippen MR) is 52.2 cm³/mol. The fraction of sp³-hybridized carbons (Fsp3) is 0.200. The van der Waals surface area contributed by atoms with Crippen molar-refractivity contribution in [2.24, 2.45) is 0 Å². The zero-order chi connectivity index (χ0) is 10.1. The van der Waals surface area contributed by atoms with E-state index in [4.69, 9.17) is 0 Å². The first-order chi connectivity index (χ1) is 6.72. The number of esters is 1. The number of nitrogens with zero attached hydrogens (tertiary/aromatic N) is 1. The molecule has 0 saturated heterocycles. The van der Waals surface area contributed by atoms with Crippen molar-refractivity contribution in [3.63, 3.8) is 0 Å². The number of carbonyl (C=O) groups excluding carboxylic acids is 1. The Morgan fingerprint density at radius 2 is 2.29 bits per heavy atom. The van der Waals surface area contributed by atoms with Crippen LogP contribution in [-0.4, -0.2) is 23.0 Å². The summed E-state index contributed by atoms with van der Waals surface area (Å²) in [6.07, 6.45) is 1.61. The molecule has 0 bridgehead atoms. The number of ether oxygens (including phenoxy) is 1. The number of pyridine rings is 1. The number of rotatable bonds is 1. The fourth-order valence-electron chi connectivity index (χ4n) is 1.36. The Kier molecular flexibility index (Phi) is 1.96. The van der Waals surface area contributed by atoms with Crippen molar-refractivity contribution in [3.05, 3.63) is 29.6 Å². The first-order valence-corrected chi connectivity index (χ1v) is 4.25. The second-order valence-electron chi connectivity index (χ2n) is 3.04. The number of fused-ring (bicyclic) bond motifs is 1. The van der Waals surface area contributed by atoms with Gasteiger partial charge in [-0.2, -0.15) is 0 Å². The van der Waals surface area contributed by atoms with Crippen LogP contribution in [0.1, 0.15) is 16.1 Å². The Bertz CT molecular complexity index is 488. The molecule has 4 nitrogen and oxygen atoms in total. The van der Waals surface area contributed by atoms with Gasteiger partial charge in [0.05, 0.1) is 12.6 Å². The predicted octanol–water partition coefficient (Wildman–Crippen LogP) is 1.66. The van der Waals surface area contributed by atoms with Crippen molar-refractivity contribution in [1.82, 2.24) is 9.97 Å². The van der Waals surface area contributed by atoms with Crippen LogP contribution in [-0.2, 0) is 4.74 Å². The van der Waals surface area contributed by atoms with Gasteiger partial charge in [0.15, 0.2) is 0 Å². The molecule has 14 heavy (non-hydrogen) atoms. The molecule has 0 aliphatic carbocycles. The van der Waals surface area contributed by atoms with Crippen LogP contribution < -0.4 is 0 Å². The fourth-order valence-corrected chi connectivity index (χ4v) is 1.36. The van der Waals surface area contributed by atoms with Gasteiger partial charge in [-0.25, -0.2) is 4.79 Å². The summed E-state index contributed by atoms with van der Waals surface area (Å²) >= 11 is 0. The minimum absolute atomic E-state index is 0.366. The number of H-pyrrole nitrogens is 1. The lowest BCUT2D eigenvalue weighted by molar-refractivity contribution is 0.0603. The lowest BCUT2D eigenvalue weighted by Crippen LogP contribution is -2.00. The van der Waals surface area contributed by atoms with Crippen LogP contribution in [0.3, 0.4) is 0 Å². The highest BCUT2D eigenvalue weighted by Gasteiger charge is 2.12. The average Bonchev–Trinajstić information content (AvgIpc) is 2.59. The molecule has 0 aliphatic rings. The van der Waals surface area contributed by atoms with Gasteiger partial charge < -0.3 is 9.72 Å². The van der Waals surface area contributed by atoms with Gasteiger partial charge in [-0.15, -0.1) is 0 Å². The summed E-state index contributed by atoms with van der Waals surface area (Å²) in [4.78, 5) is 18.6. The maximum atomic E-state index is 11.3. The van der Waals surface area contributed by atoms with E-state index in [9.17, 15) is 4.79 Å². The highest BCUT2D eigenvalue weighted by atomic mass is 16.5. The van der Waals surface area contributed by atoms with Crippen molar-refractivity contribution >= 4 is 17.0 Å². The summed E-state index contributed by atoms with van der Waals surface area (Å²) in [5.41, 5.74) is 2.86. The molecule has 0 atom stereocenters. The summed E-state index contributed by atoms with van der Waals surface area (Å²) in [6.45, 7) is 1.88. The van der Waals surface area contributed by atoms with Gasteiger partial charge >= 0.3 is 5.97 Å². The molecule has 1 N–H and O–H groups in total. The molecule has 2 aromatic heterocycles. The van der Waals surface area contributed by atoms with Crippen LogP contribution in [0, 0.1) is 6.92 Å². The summed E-state index contributed by atoms with van der Waals surface area (Å²) in [5.74, 6) is -0.366. The smallest absolute Gasteiger partial charge is 0.341 e. The van der Waals surface area contributed by atoms with E-state index in [2.05, 4.69) is 14.7 Å². The Morgan fingerprint density at radius 3 is 3.00 bits per heavy atom. The lowest BCUT2D eigenvalue weighted by Gasteiger charge is -1.96. The first-order valence-electron chi connectivity index (χ1n) is 4.25. The largest absolute Gasteiger partial charge is 0.465 e. The van der Waals surface area contributed by atoms with Crippen molar-refractivity contribution < 1.29 is 9.53 Å². The second-order valence-corrected chi connectivity index (χ2v) is 3.04. The maximum Gasteiger partial charge on any atom is 0.341 e. The molecule has 0 fully saturated rings. The van der Waals surface area contributed by atoms with Crippen molar-refractivity contribution in [2.45, 2.75) is 6.92 Å². The molecule has 2 heterocycles. The molecular formula is C10H10N2O2. The molecule has 0 spiro atoms. The second kappa shape index (κ2) is 3.14. The molecular weight excluding hydrogens is 180 g/mol. The molecule has 72 valence electrons. The normalized spacial score (nSPS) is 10.4. The summed E-state index contributed by atoms with van der Waals surface area (Å²) in [6, 6.07) is 3.78. The number of carbonyl (C=O) groups is 1. The van der Waals surface area contributed by atoms with E-state index in [1.54, 1.807) is 6.20 Å². The van der Waals surface area contributed by atoms with E-state index in [-0.39, 0.29) is 5.97 Å². The molecule has 2 rings (SSSR count). The highest BCUT2D eigenvalue weighted by Crippen LogP contribution is 2.16. The monoisotopic (exact) mass is 190 g/mol. The average molecular weight is 190 g/mol. The lowest BCUT2D eigenvalue weighted by atomic mass is 10.2. The third-order valence-corrected chi connectivity index (χ3v) is 2.07. The van der Waals surface area contributed by atoms with Crippen molar-refractivity contribution in [2.75, 3.05) is 7.11 Å². The number of aromatic nitrogens is 2. The van der Waals surface area contributed by atoms with Crippen LogP contribution in [0.25, 0.3) is 11.0 Å². The molecule has 0 amide bonds. The van der Waals surface area contributed by atoms with Crippen LogP contribution in [0.5, 0.6) is 0 Å². The third-order valence-electron chi connectivity index (χ3n) is 2.07. The van der Waals surface area contributed by atoms with Gasteiger partial charge in [-0.3, -0.25) is 4.98 Å². The van der Waals surface area contributed by atoms with E-state index >= 15 is 0 Å². The van der Waals surface area contributed by atoms with E-state index < -0.39 is 0 Å². The number of hydrogen-bond acceptors (Lipinski definition) is 3. The SMILES string of the molecule is COC(=O)c1c[nH]c2ccc(C)nc12. The van der Waals surface area contributed by atoms with E-state index in [0.29, 0.717) is 11.1 Å². The van der Waals surface area contributed by atoms with Crippen LogP contribution >= 0.6 is 0 Å². The number of nitrogens with one attached hydrogen (secondary N) is 1. The number of aromatic amines is 1. The van der Waals surface area contributed by atoms with Crippen molar-refractivity contribution in [3.8, 4) is 0 Å². The minimum atomic E-state index is -0.366. The molecule has 0 aromatic carbocycles. The highest BCUT2D eigenvalue weighted by molar-refractivity contribution is 6.02. The van der Waals surface area contributed by atoms with Crippen LogP contribution in [0.4, 0.5) is 0 Å². The number of methoxy groups -OCH3 is 1. The Hall–Kier alpha value is -1.84. The molecule has 0 saturated carbocycles. The molecule has 0 radical (unpaired) electrons. The first kappa shape index (κ1) is 8.74. The summed E-state index contributed by atoms with van der Waals surface area (Å²) in [7, 11) is 1.36. The van der Waals surface area contributed by atoms with Gasteiger partial charge in [-0.05, 0) is 19.1 Å². The standard InChI is InChI=1S/C10H10N2O2/c1-6-3-4-8-9(12-6)7(5-11-8)10(13)14-2/h3-5,11H,1-2H3. The zero-order valence-corrected chi connectivity index (χ0v) is 8.00. The molecule has 2 aromatic rings. The third kappa shape index (κ3) is 1.25. The van der Waals surface area contributed by atoms with Gasteiger partial charge in [0.1, 0.15) is 11.1 Å². The van der Waals surface area contributed by atoms with Crippen molar-refractivity contribution in [1.29, 1.82) is 0 Å². The van der Waals surface area contributed by atoms with Crippen LogP contribution in [0.15, 0.2) is 18.3 Å². The Labute approximate surface area is 80.9 Å². The Balaban J connectivity index is 2.67. The number of aryl methyl sites for hydroxylation is 1. The van der Waals surface area contributed by atoms with E-state index in [1.165, 1.54) is 7.11 Å².